The first kappa shape index (κ1) is 29.5. The summed E-state index contributed by atoms with van der Waals surface area (Å²) in [4.78, 5) is 52.2. The molecule has 1 N–H and O–H groups in total. The first-order chi connectivity index (χ1) is 19.1. The van der Waals surface area contributed by atoms with E-state index in [0.29, 0.717) is 11.0 Å². The molecule has 4 rings (SSSR count). The molecule has 0 radical (unpaired) electrons. The highest BCUT2D eigenvalue weighted by atomic mass is 32.2. The van der Waals surface area contributed by atoms with Crippen molar-refractivity contribution in [3.05, 3.63) is 24.5 Å². The number of rotatable bonds is 9. The zero-order chi connectivity index (χ0) is 28.8. The Morgan fingerprint density at radius 1 is 0.975 bits per heavy atom. The number of ether oxygens (including phenoxy) is 4. The quantitative estimate of drug-likeness (QED) is 0.343. The van der Waals surface area contributed by atoms with E-state index in [2.05, 4.69) is 25.1 Å². The van der Waals surface area contributed by atoms with Crippen LogP contribution in [0.1, 0.15) is 59.4 Å². The molecule has 2 fully saturated rings. The largest absolute Gasteiger partial charge is 0.463 e. The summed E-state index contributed by atoms with van der Waals surface area (Å²) in [5, 5.41) is 12.3. The van der Waals surface area contributed by atoms with Crippen LogP contribution < -0.4 is 5.32 Å². The molecule has 1 aliphatic carbocycles. The molecule has 1 saturated carbocycles. The number of nitrogens with zero attached hydrogens (tertiary/aromatic N) is 4. The SMILES string of the molecule is CC(=O)N[C@@H]1[C@@H](OC(C)=O)[C@H](OC(C)=O)[C@@H](COC(C)=O)O[C@H]1Sc1nnc(-c2ccncc2)n1C1CCCC1. The lowest BCUT2D eigenvalue weighted by Crippen LogP contribution is -2.65. The molecule has 1 aliphatic heterocycles. The first-order valence-electron chi connectivity index (χ1n) is 13.1. The van der Waals surface area contributed by atoms with Gasteiger partial charge in [-0.3, -0.25) is 28.7 Å². The van der Waals surface area contributed by atoms with Crippen LogP contribution in [-0.4, -0.2) is 80.0 Å². The van der Waals surface area contributed by atoms with E-state index in [-0.39, 0.29) is 12.6 Å². The van der Waals surface area contributed by atoms with Gasteiger partial charge in [0, 0.05) is 51.7 Å². The van der Waals surface area contributed by atoms with Gasteiger partial charge in [-0.25, -0.2) is 0 Å². The van der Waals surface area contributed by atoms with Crippen molar-refractivity contribution in [3.8, 4) is 11.4 Å². The average Bonchev–Trinajstić information content (AvgIpc) is 3.56. The van der Waals surface area contributed by atoms with Crippen molar-refractivity contribution in [1.82, 2.24) is 25.1 Å². The molecular formula is C26H33N5O8S. The van der Waals surface area contributed by atoms with Gasteiger partial charge in [-0.05, 0) is 25.0 Å². The fourth-order valence-electron chi connectivity index (χ4n) is 5.04. The third-order valence-corrected chi connectivity index (χ3v) is 7.71. The number of amides is 1. The Balaban J connectivity index is 1.75. The summed E-state index contributed by atoms with van der Waals surface area (Å²) in [6, 6.07) is 2.92. The van der Waals surface area contributed by atoms with Gasteiger partial charge >= 0.3 is 17.9 Å². The maximum absolute atomic E-state index is 12.3. The van der Waals surface area contributed by atoms with Gasteiger partial charge < -0.3 is 24.3 Å². The van der Waals surface area contributed by atoms with Gasteiger partial charge in [0.25, 0.3) is 0 Å². The van der Waals surface area contributed by atoms with E-state index < -0.39 is 53.6 Å². The standard InChI is InChI=1S/C26H33N5O8S/c1-14(32)28-21-23(38-17(4)35)22(37-16(3)34)20(13-36-15(2)33)39-25(21)40-26-30-29-24(18-9-11-27-12-10-18)31(26)19-7-5-6-8-19/h9-12,19-23,25H,5-8,13H2,1-4H3,(H,28,32)/t20-,21-,22-,23-,25+/m1/s1. The molecule has 2 aliphatic rings. The molecule has 2 aromatic heterocycles. The van der Waals surface area contributed by atoms with Crippen LogP contribution in [0, 0.1) is 0 Å². The summed E-state index contributed by atoms with van der Waals surface area (Å²) in [5.74, 6) is -1.61. The summed E-state index contributed by atoms with van der Waals surface area (Å²) >= 11 is 1.20. The summed E-state index contributed by atoms with van der Waals surface area (Å²) in [6.45, 7) is 4.70. The monoisotopic (exact) mass is 575 g/mol. The second kappa shape index (κ2) is 13.2. The van der Waals surface area contributed by atoms with E-state index in [1.807, 2.05) is 12.1 Å². The Bertz CT molecular complexity index is 1220. The Kier molecular flexibility index (Phi) is 9.74. The molecule has 0 aromatic carbocycles. The highest BCUT2D eigenvalue weighted by molar-refractivity contribution is 7.99. The molecule has 0 unspecified atom stereocenters. The fourth-order valence-corrected chi connectivity index (χ4v) is 6.25. The normalized spacial score (nSPS) is 24.8. The molecule has 14 heteroatoms. The lowest BCUT2D eigenvalue weighted by Gasteiger charge is -2.44. The topological polar surface area (TPSA) is 161 Å². The van der Waals surface area contributed by atoms with E-state index in [0.717, 1.165) is 31.2 Å². The van der Waals surface area contributed by atoms with Gasteiger partial charge in [-0.2, -0.15) is 0 Å². The van der Waals surface area contributed by atoms with Crippen molar-refractivity contribution in [2.45, 2.75) is 94.4 Å². The summed E-state index contributed by atoms with van der Waals surface area (Å²) in [7, 11) is 0. The van der Waals surface area contributed by atoms with Gasteiger partial charge in [0.05, 0.1) is 0 Å². The van der Waals surface area contributed by atoms with Gasteiger partial charge in [-0.1, -0.05) is 24.6 Å². The van der Waals surface area contributed by atoms with E-state index in [4.69, 9.17) is 18.9 Å². The van der Waals surface area contributed by atoms with Crippen molar-refractivity contribution in [2.75, 3.05) is 6.61 Å². The number of hydrogen-bond acceptors (Lipinski definition) is 12. The second-order valence-corrected chi connectivity index (χ2v) is 10.8. The second-order valence-electron chi connectivity index (χ2n) is 9.69. The number of carbonyl (C=O) groups excluding carboxylic acids is 4. The van der Waals surface area contributed by atoms with Gasteiger partial charge in [0.1, 0.15) is 24.2 Å². The van der Waals surface area contributed by atoms with Crippen LogP contribution in [-0.2, 0) is 38.1 Å². The van der Waals surface area contributed by atoms with Crippen molar-refractivity contribution in [2.24, 2.45) is 0 Å². The minimum absolute atomic E-state index is 0.151. The zero-order valence-electron chi connectivity index (χ0n) is 22.8. The number of thioether (sulfide) groups is 1. The van der Waals surface area contributed by atoms with Crippen molar-refractivity contribution in [3.63, 3.8) is 0 Å². The van der Waals surface area contributed by atoms with Crippen LogP contribution in [0.4, 0.5) is 0 Å². The van der Waals surface area contributed by atoms with Crippen LogP contribution >= 0.6 is 11.8 Å². The smallest absolute Gasteiger partial charge is 0.303 e. The lowest BCUT2D eigenvalue weighted by molar-refractivity contribution is -0.211. The molecule has 2 aromatic rings. The highest BCUT2D eigenvalue weighted by Crippen LogP contribution is 2.40. The Hall–Kier alpha value is -3.52. The Morgan fingerprint density at radius 2 is 1.62 bits per heavy atom. The van der Waals surface area contributed by atoms with Crippen molar-refractivity contribution in [1.29, 1.82) is 0 Å². The van der Waals surface area contributed by atoms with E-state index in [9.17, 15) is 19.2 Å². The van der Waals surface area contributed by atoms with E-state index >= 15 is 0 Å². The van der Waals surface area contributed by atoms with Crippen molar-refractivity contribution >= 4 is 35.6 Å². The highest BCUT2D eigenvalue weighted by Gasteiger charge is 2.51. The molecule has 40 heavy (non-hydrogen) atoms. The minimum Gasteiger partial charge on any atom is -0.463 e. The number of hydrogen-bond donors (Lipinski definition) is 1. The molecule has 5 atom stereocenters. The van der Waals surface area contributed by atoms with Crippen molar-refractivity contribution < 1.29 is 38.1 Å². The molecule has 0 bridgehead atoms. The summed E-state index contributed by atoms with van der Waals surface area (Å²) in [6.07, 6.45) is 4.11. The number of pyridine rings is 1. The summed E-state index contributed by atoms with van der Waals surface area (Å²) < 4.78 is 24.7. The third-order valence-electron chi connectivity index (χ3n) is 6.59. The lowest BCUT2D eigenvalue weighted by atomic mass is 9.97. The summed E-state index contributed by atoms with van der Waals surface area (Å²) in [5.41, 5.74) is -0.0278. The number of nitrogens with one attached hydrogen (secondary N) is 1. The molecule has 13 nitrogen and oxygen atoms in total. The number of esters is 3. The first-order valence-corrected chi connectivity index (χ1v) is 13.9. The predicted octanol–water partition coefficient (Wildman–Crippen LogP) is 2.20. The predicted molar refractivity (Wildman–Crippen MR) is 141 cm³/mol. The molecular weight excluding hydrogens is 542 g/mol. The number of carbonyl (C=O) groups is 4. The Labute approximate surface area is 235 Å². The Morgan fingerprint density at radius 3 is 2.23 bits per heavy atom. The molecule has 0 spiro atoms. The van der Waals surface area contributed by atoms with Gasteiger partial charge in [-0.15, -0.1) is 10.2 Å². The zero-order valence-corrected chi connectivity index (χ0v) is 23.6. The van der Waals surface area contributed by atoms with E-state index in [1.54, 1.807) is 12.4 Å². The maximum Gasteiger partial charge on any atom is 0.303 e. The molecule has 216 valence electrons. The van der Waals surface area contributed by atoms with Crippen LogP contribution in [0.3, 0.4) is 0 Å². The average molecular weight is 576 g/mol. The molecule has 3 heterocycles. The third kappa shape index (κ3) is 7.16. The van der Waals surface area contributed by atoms with Gasteiger partial charge in [0.15, 0.2) is 23.2 Å². The minimum atomic E-state index is -1.16. The fraction of sp³-hybridized carbons (Fsp3) is 0.577. The van der Waals surface area contributed by atoms with Crippen LogP contribution in [0.15, 0.2) is 29.7 Å². The van der Waals surface area contributed by atoms with E-state index in [1.165, 1.54) is 39.5 Å². The van der Waals surface area contributed by atoms with Crippen LogP contribution in [0.25, 0.3) is 11.4 Å². The number of aromatic nitrogens is 4. The van der Waals surface area contributed by atoms with Crippen LogP contribution in [0.5, 0.6) is 0 Å². The maximum atomic E-state index is 12.3. The molecule has 1 saturated heterocycles. The van der Waals surface area contributed by atoms with Gasteiger partial charge in [0.2, 0.25) is 5.91 Å². The molecule has 1 amide bonds. The van der Waals surface area contributed by atoms with Crippen LogP contribution in [0.2, 0.25) is 0 Å².